The summed E-state index contributed by atoms with van der Waals surface area (Å²) in [6, 6.07) is 7.01. The molecule has 0 bridgehead atoms. The Morgan fingerprint density at radius 1 is 0.980 bits per heavy atom. The third-order valence-electron chi connectivity index (χ3n) is 9.93. The van der Waals surface area contributed by atoms with Crippen LogP contribution >= 0.6 is 0 Å². The van der Waals surface area contributed by atoms with Crippen LogP contribution in [0.4, 0.5) is 4.79 Å². The number of amides is 1. The highest BCUT2D eigenvalue weighted by Gasteiger charge is 2.56. The molecule has 0 aromatic heterocycles. The van der Waals surface area contributed by atoms with Crippen molar-refractivity contribution in [1.29, 1.82) is 0 Å². The lowest BCUT2D eigenvalue weighted by Gasteiger charge is -2.47. The van der Waals surface area contributed by atoms with Gasteiger partial charge in [-0.05, 0) is 54.9 Å². The maximum absolute atomic E-state index is 13.7. The number of benzene rings is 2. The molecule has 5 aliphatic rings. The Kier molecular flexibility index (Phi) is 9.69. The predicted octanol–water partition coefficient (Wildman–Crippen LogP) is 1.28. The summed E-state index contributed by atoms with van der Waals surface area (Å²) in [5, 5.41) is 25.2. The van der Waals surface area contributed by atoms with Gasteiger partial charge in [-0.15, -0.1) is 0 Å². The fraction of sp³-hybridized carbons (Fsp3) is 0.588. The summed E-state index contributed by atoms with van der Waals surface area (Å²) >= 11 is 0. The molecule has 6 unspecified atom stereocenters. The molecule has 0 saturated carbocycles. The van der Waals surface area contributed by atoms with Gasteiger partial charge in [0.2, 0.25) is 12.5 Å². The van der Waals surface area contributed by atoms with Gasteiger partial charge in [-0.3, -0.25) is 4.79 Å². The minimum Gasteiger partial charge on any atom is -0.493 e. The van der Waals surface area contributed by atoms with E-state index in [-0.39, 0.29) is 37.3 Å². The van der Waals surface area contributed by atoms with Gasteiger partial charge in [0, 0.05) is 32.0 Å². The molecule has 2 aromatic rings. The Balaban J connectivity index is 1.27. The van der Waals surface area contributed by atoms with Gasteiger partial charge in [0.1, 0.15) is 24.4 Å². The molecule has 4 heterocycles. The Morgan fingerprint density at radius 3 is 2.36 bits per heavy atom. The molecule has 3 N–H and O–H groups in total. The van der Waals surface area contributed by atoms with Gasteiger partial charge in [-0.2, -0.15) is 0 Å². The van der Waals surface area contributed by atoms with Crippen molar-refractivity contribution in [1.82, 2.24) is 10.2 Å². The van der Waals surface area contributed by atoms with Crippen LogP contribution in [0.5, 0.6) is 28.7 Å². The first-order valence-electron chi connectivity index (χ1n) is 16.5. The second kappa shape index (κ2) is 14.0. The number of hydrogen-bond donors (Lipinski definition) is 3. The van der Waals surface area contributed by atoms with E-state index in [9.17, 15) is 19.8 Å². The number of methoxy groups -OCH3 is 2. The average Bonchev–Trinajstić information content (AvgIpc) is 3.74. The van der Waals surface area contributed by atoms with E-state index in [1.54, 1.807) is 45.3 Å². The third-order valence-corrected chi connectivity index (χ3v) is 9.93. The van der Waals surface area contributed by atoms with Crippen molar-refractivity contribution in [2.75, 3.05) is 61.4 Å². The zero-order valence-electron chi connectivity index (χ0n) is 28.4. The largest absolute Gasteiger partial charge is 0.493 e. The fourth-order valence-corrected chi connectivity index (χ4v) is 7.36. The standard InChI is InChI=1S/C34H42N2O14/c1-15-43-13-24-31(47-15)27(37)28(38)33(48-24)49-29-18-11-21-20(45-14-46-21)10-17(18)25(26-19(29)12-44-32(26)39)16-8-22(41-4)30(23(9-16)42-5)50-34(40)36(3)7-6-35-2/h8-11,15,19,24-29,31,33,35,37-38H,6-7,12-14H2,1-5H3/t15?,19-,24?,25+,26-,27?,28?,29+,31?,33?/m1/s1. The molecule has 0 radical (unpaired) electrons. The monoisotopic (exact) mass is 702 g/mol. The lowest BCUT2D eigenvalue weighted by atomic mass is 9.66. The van der Waals surface area contributed by atoms with E-state index in [2.05, 4.69) is 5.32 Å². The summed E-state index contributed by atoms with van der Waals surface area (Å²) in [7, 11) is 6.30. The molecule has 1 amide bonds. The maximum Gasteiger partial charge on any atom is 0.415 e. The van der Waals surface area contributed by atoms with E-state index < -0.39 is 72.9 Å². The van der Waals surface area contributed by atoms with Crippen LogP contribution in [0.1, 0.15) is 35.6 Å². The summed E-state index contributed by atoms with van der Waals surface area (Å²) in [5.74, 6) is -0.942. The van der Waals surface area contributed by atoms with E-state index >= 15 is 0 Å². The number of cyclic esters (lactones) is 1. The summed E-state index contributed by atoms with van der Waals surface area (Å²) in [6.45, 7) is 2.83. The van der Waals surface area contributed by atoms with Gasteiger partial charge in [0.25, 0.3) is 0 Å². The lowest BCUT2D eigenvalue weighted by Crippen LogP contribution is -2.63. The van der Waals surface area contributed by atoms with Crippen LogP contribution in [0.15, 0.2) is 24.3 Å². The van der Waals surface area contributed by atoms with Crippen molar-refractivity contribution in [3.05, 3.63) is 41.0 Å². The number of nitrogens with one attached hydrogen (secondary N) is 1. The van der Waals surface area contributed by atoms with Crippen LogP contribution in [-0.4, -0.2) is 126 Å². The molecule has 3 fully saturated rings. The minimum absolute atomic E-state index is 0.00588. The molecule has 16 nitrogen and oxygen atoms in total. The highest BCUT2D eigenvalue weighted by molar-refractivity contribution is 5.79. The van der Waals surface area contributed by atoms with Gasteiger partial charge in [0.05, 0.1) is 39.5 Å². The van der Waals surface area contributed by atoms with Crippen molar-refractivity contribution in [3.63, 3.8) is 0 Å². The normalized spacial score (nSPS) is 32.3. The Morgan fingerprint density at radius 2 is 1.68 bits per heavy atom. The number of carbonyl (C=O) groups excluding carboxylic acids is 2. The number of ether oxygens (including phenoxy) is 10. The summed E-state index contributed by atoms with van der Waals surface area (Å²) in [6.07, 6.45) is -7.59. The quantitative estimate of drug-likeness (QED) is 0.318. The Bertz CT molecular complexity index is 1580. The highest BCUT2D eigenvalue weighted by Crippen LogP contribution is 2.57. The lowest BCUT2D eigenvalue weighted by molar-refractivity contribution is -0.364. The van der Waals surface area contributed by atoms with Crippen molar-refractivity contribution in [3.8, 4) is 28.7 Å². The maximum atomic E-state index is 13.7. The second-order valence-corrected chi connectivity index (χ2v) is 12.9. The predicted molar refractivity (Wildman–Crippen MR) is 169 cm³/mol. The molecule has 7 rings (SSSR count). The van der Waals surface area contributed by atoms with Gasteiger partial charge >= 0.3 is 12.1 Å². The van der Waals surface area contributed by atoms with E-state index in [0.717, 1.165) is 0 Å². The molecule has 4 aliphatic heterocycles. The molecule has 50 heavy (non-hydrogen) atoms. The number of hydrogen-bond acceptors (Lipinski definition) is 15. The number of likely N-dealkylation sites (N-methyl/N-ethyl adjacent to an activating group) is 2. The summed E-state index contributed by atoms with van der Waals surface area (Å²) < 4.78 is 58.3. The first-order valence-corrected chi connectivity index (χ1v) is 16.5. The second-order valence-electron chi connectivity index (χ2n) is 12.9. The van der Waals surface area contributed by atoms with Crippen molar-refractivity contribution < 1.29 is 67.2 Å². The topological polar surface area (TPSA) is 182 Å². The average molecular weight is 703 g/mol. The van der Waals surface area contributed by atoms with Crippen LogP contribution in [0.3, 0.4) is 0 Å². The molecule has 16 heteroatoms. The number of aliphatic hydroxyl groups excluding tert-OH is 2. The van der Waals surface area contributed by atoms with Crippen LogP contribution < -0.4 is 29.0 Å². The zero-order valence-corrected chi connectivity index (χ0v) is 28.4. The first-order chi connectivity index (χ1) is 24.1. The first kappa shape index (κ1) is 34.5. The molecular formula is C34H42N2O14. The molecule has 1 aliphatic carbocycles. The van der Waals surface area contributed by atoms with E-state index in [0.29, 0.717) is 41.3 Å². The number of rotatable bonds is 9. The van der Waals surface area contributed by atoms with Crippen molar-refractivity contribution in [2.45, 2.75) is 55.9 Å². The number of carbonyl (C=O) groups is 2. The number of esters is 1. The van der Waals surface area contributed by atoms with Gasteiger partial charge in [-0.25, -0.2) is 4.79 Å². The molecule has 2 aromatic carbocycles. The summed E-state index contributed by atoms with van der Waals surface area (Å²) in [5.41, 5.74) is 1.93. The number of fused-ring (bicyclic) bond motifs is 4. The van der Waals surface area contributed by atoms with E-state index in [4.69, 9.17) is 47.4 Å². The molecule has 272 valence electrons. The molecule has 3 saturated heterocycles. The zero-order chi connectivity index (χ0) is 35.3. The van der Waals surface area contributed by atoms with Gasteiger partial charge < -0.3 is 67.8 Å². The van der Waals surface area contributed by atoms with Crippen LogP contribution in [0.2, 0.25) is 0 Å². The fourth-order valence-electron chi connectivity index (χ4n) is 7.36. The SMILES string of the molecule is CNCCN(C)C(=O)Oc1c(OC)cc([C@H]2c3cc4c(cc3[C@H](OC3OC5COC(C)OC5C(O)C3O)[C@@H]3COC(=O)[C@@H]23)OCO4)cc1OC. The van der Waals surface area contributed by atoms with Gasteiger partial charge in [0.15, 0.2) is 35.6 Å². The Labute approximate surface area is 288 Å². The highest BCUT2D eigenvalue weighted by atomic mass is 16.8. The van der Waals surface area contributed by atoms with Crippen molar-refractivity contribution in [2.24, 2.45) is 11.8 Å². The third kappa shape index (κ3) is 6.08. The van der Waals surface area contributed by atoms with E-state index in [1.807, 2.05) is 0 Å². The van der Waals surface area contributed by atoms with Crippen LogP contribution in [0.25, 0.3) is 0 Å². The van der Waals surface area contributed by atoms with Crippen LogP contribution in [-0.2, 0) is 28.5 Å². The molecular weight excluding hydrogens is 660 g/mol. The van der Waals surface area contributed by atoms with Gasteiger partial charge in [-0.1, -0.05) is 0 Å². The van der Waals surface area contributed by atoms with Crippen molar-refractivity contribution >= 4 is 12.1 Å². The molecule has 0 spiro atoms. The number of aliphatic hydroxyl groups is 2. The number of nitrogens with zero attached hydrogens (tertiary/aromatic N) is 1. The van der Waals surface area contributed by atoms with E-state index in [1.165, 1.54) is 19.1 Å². The Hall–Kier alpha value is -3.90. The van der Waals surface area contributed by atoms with Crippen LogP contribution in [0, 0.1) is 11.8 Å². The smallest absolute Gasteiger partial charge is 0.415 e. The summed E-state index contributed by atoms with van der Waals surface area (Å²) in [4.78, 5) is 28.0. The molecule has 10 atom stereocenters. The minimum atomic E-state index is -1.46.